The molecule has 55 heavy (non-hydrogen) atoms. The normalized spacial score (nSPS) is 15.5. The molecule has 2 heterocycles. The van der Waals surface area contributed by atoms with Gasteiger partial charge in [0.05, 0.1) is 50.2 Å². The Morgan fingerprint density at radius 1 is 0.945 bits per heavy atom. The summed E-state index contributed by atoms with van der Waals surface area (Å²) < 4.78 is 45.8. The van der Waals surface area contributed by atoms with E-state index in [1.807, 2.05) is 18.7 Å². The number of aliphatic hydroxyl groups excluding tert-OH is 1. The molecule has 3 aromatic rings. The van der Waals surface area contributed by atoms with Crippen molar-refractivity contribution in [3.63, 3.8) is 0 Å². The zero-order valence-electron chi connectivity index (χ0n) is 31.3. The van der Waals surface area contributed by atoms with E-state index < -0.39 is 70.5 Å². The van der Waals surface area contributed by atoms with Gasteiger partial charge in [-0.25, -0.2) is 9.18 Å². The molecule has 0 bridgehead atoms. The lowest BCUT2D eigenvalue weighted by Gasteiger charge is -2.27. The van der Waals surface area contributed by atoms with Crippen LogP contribution in [0.1, 0.15) is 44.7 Å². The van der Waals surface area contributed by atoms with Crippen LogP contribution >= 0.6 is 12.0 Å². The number of benzene rings is 2. The fourth-order valence-corrected chi connectivity index (χ4v) is 6.69. The molecular weight excluding hydrogens is 741 g/mol. The van der Waals surface area contributed by atoms with E-state index in [2.05, 4.69) is 21.3 Å². The van der Waals surface area contributed by atoms with Gasteiger partial charge >= 0.3 is 5.63 Å². The number of nitrogens with one attached hydrogen (secondary N) is 4. The number of hydrogen-bond acceptors (Lipinski definition) is 11. The molecule has 1 unspecified atom stereocenters. The molecular formula is C38H49F2N5O9S. The van der Waals surface area contributed by atoms with Crippen molar-refractivity contribution < 1.29 is 46.4 Å². The number of amides is 4. The number of aliphatic hydroxyl groups is 1. The molecule has 14 nitrogen and oxygen atoms in total. The van der Waals surface area contributed by atoms with Gasteiger partial charge in [-0.15, -0.1) is 0 Å². The smallest absolute Gasteiger partial charge is 0.336 e. The molecule has 1 aliphatic heterocycles. The van der Waals surface area contributed by atoms with Gasteiger partial charge in [-0.2, -0.15) is 4.39 Å². The van der Waals surface area contributed by atoms with E-state index >= 15 is 4.39 Å². The van der Waals surface area contributed by atoms with Crippen LogP contribution in [-0.2, 0) is 30.3 Å². The Kier molecular flexibility index (Phi) is 16.4. The first kappa shape index (κ1) is 43.2. The van der Waals surface area contributed by atoms with Crippen LogP contribution in [0.4, 0.5) is 8.78 Å². The van der Waals surface area contributed by atoms with E-state index in [4.69, 9.17) is 13.3 Å². The lowest BCUT2D eigenvalue weighted by atomic mass is 10.0. The fourth-order valence-electron chi connectivity index (χ4n) is 5.97. The van der Waals surface area contributed by atoms with Crippen molar-refractivity contribution in [1.29, 1.82) is 0 Å². The van der Waals surface area contributed by atoms with Gasteiger partial charge in [0.15, 0.2) is 11.4 Å². The number of morpholine rings is 1. The van der Waals surface area contributed by atoms with Crippen LogP contribution in [0.2, 0.25) is 0 Å². The average molecular weight is 790 g/mol. The number of halogens is 2. The highest BCUT2D eigenvalue weighted by atomic mass is 32.2. The first-order valence-corrected chi connectivity index (χ1v) is 19.0. The standard InChI is InChI=1S/C38H49F2N5O9S/c1-22(2)14-29(43-31(47)19-41-32(48)20-45-10-12-52-13-11-45)38(51)44-30(17-25-8-6-5-7-9-25)37(50)42-26(16-24(4)46)21-55-54-36-28(39)18-27-23(3)15-33(49)53-35(27)34(36)40/h5-9,15,18,22,24,26,29-30,46H,10-14,16-17,19-21H2,1-4H3,(H,41,48)(H,42,50)(H,43,47)(H,44,51)/t24?,26-,29-,30-/m0/s1. The molecule has 0 spiro atoms. The first-order valence-electron chi connectivity index (χ1n) is 18.1. The van der Waals surface area contributed by atoms with E-state index in [1.54, 1.807) is 30.3 Å². The van der Waals surface area contributed by atoms with Gasteiger partial charge in [-0.3, -0.25) is 24.1 Å². The number of carbonyl (C=O) groups is 4. The number of carbonyl (C=O) groups excluding carboxylic acids is 4. The lowest BCUT2D eigenvalue weighted by molar-refractivity contribution is -0.133. The maximum atomic E-state index is 15.2. The average Bonchev–Trinajstić information content (AvgIpc) is 3.12. The van der Waals surface area contributed by atoms with Gasteiger partial charge in [0.25, 0.3) is 0 Å². The number of aryl methyl sites for hydroxylation is 1. The Morgan fingerprint density at radius 2 is 1.64 bits per heavy atom. The van der Waals surface area contributed by atoms with Crippen LogP contribution in [0.15, 0.2) is 51.7 Å². The maximum absolute atomic E-state index is 15.2. The number of rotatable bonds is 19. The van der Waals surface area contributed by atoms with Crippen LogP contribution in [-0.4, -0.2) is 103 Å². The Bertz CT molecular complexity index is 1840. The molecule has 4 atom stereocenters. The van der Waals surface area contributed by atoms with Gasteiger partial charge in [0.2, 0.25) is 35.2 Å². The highest BCUT2D eigenvalue weighted by Gasteiger charge is 2.30. The second-order valence-corrected chi connectivity index (χ2v) is 14.7. The van der Waals surface area contributed by atoms with E-state index in [9.17, 15) is 33.5 Å². The molecule has 0 saturated carbocycles. The summed E-state index contributed by atoms with van der Waals surface area (Å²) in [5.74, 6) is -5.30. The highest BCUT2D eigenvalue weighted by molar-refractivity contribution is 7.95. The summed E-state index contributed by atoms with van der Waals surface area (Å²) >= 11 is 0.609. The van der Waals surface area contributed by atoms with Gasteiger partial charge in [0, 0.05) is 37.0 Å². The van der Waals surface area contributed by atoms with E-state index in [0.29, 0.717) is 43.9 Å². The molecule has 1 fully saturated rings. The number of nitrogens with zero attached hydrogens (tertiary/aromatic N) is 1. The Balaban J connectivity index is 1.43. The van der Waals surface area contributed by atoms with E-state index in [0.717, 1.165) is 17.7 Å². The summed E-state index contributed by atoms with van der Waals surface area (Å²) in [7, 11) is 0. The summed E-state index contributed by atoms with van der Waals surface area (Å²) in [5, 5.41) is 21.1. The molecule has 1 aromatic heterocycles. The summed E-state index contributed by atoms with van der Waals surface area (Å²) in [6, 6.07) is 8.07. The topological polar surface area (TPSA) is 189 Å². The van der Waals surface area contributed by atoms with Crippen molar-refractivity contribution in [2.45, 2.75) is 71.2 Å². The van der Waals surface area contributed by atoms with Crippen LogP contribution in [0.5, 0.6) is 5.75 Å². The Morgan fingerprint density at radius 3 is 2.31 bits per heavy atom. The van der Waals surface area contributed by atoms with Crippen molar-refractivity contribution in [2.75, 3.05) is 45.1 Å². The highest BCUT2D eigenvalue weighted by Crippen LogP contribution is 2.32. The maximum Gasteiger partial charge on any atom is 0.336 e. The minimum atomic E-state index is -1.21. The zero-order valence-corrected chi connectivity index (χ0v) is 32.1. The molecule has 17 heteroatoms. The molecule has 1 aliphatic rings. The zero-order chi connectivity index (χ0) is 40.1. The van der Waals surface area contributed by atoms with Gasteiger partial charge in [0.1, 0.15) is 12.1 Å². The van der Waals surface area contributed by atoms with Gasteiger partial charge in [-0.1, -0.05) is 44.2 Å². The molecule has 5 N–H and O–H groups in total. The quantitative estimate of drug-likeness (QED) is 0.0887. The van der Waals surface area contributed by atoms with Crippen molar-refractivity contribution in [1.82, 2.24) is 26.2 Å². The van der Waals surface area contributed by atoms with Crippen LogP contribution in [0.25, 0.3) is 11.0 Å². The number of fused-ring (bicyclic) bond motifs is 1. The third-order valence-corrected chi connectivity index (χ3v) is 9.49. The van der Waals surface area contributed by atoms with Crippen LogP contribution < -0.4 is 31.1 Å². The Labute approximate surface area is 322 Å². The second-order valence-electron chi connectivity index (χ2n) is 14.0. The number of ether oxygens (including phenoxy) is 1. The summed E-state index contributed by atoms with van der Waals surface area (Å²) in [4.78, 5) is 66.7. The monoisotopic (exact) mass is 789 g/mol. The van der Waals surface area contributed by atoms with Gasteiger partial charge < -0.3 is 39.7 Å². The molecule has 1 saturated heterocycles. The van der Waals surface area contributed by atoms with Crippen LogP contribution in [0, 0.1) is 24.5 Å². The predicted molar refractivity (Wildman–Crippen MR) is 202 cm³/mol. The van der Waals surface area contributed by atoms with E-state index in [-0.39, 0.29) is 55.3 Å². The minimum Gasteiger partial charge on any atom is -0.419 e. The molecule has 2 aromatic carbocycles. The fraction of sp³-hybridized carbons (Fsp3) is 0.500. The van der Waals surface area contributed by atoms with Crippen molar-refractivity contribution in [2.24, 2.45) is 5.92 Å². The van der Waals surface area contributed by atoms with Crippen molar-refractivity contribution in [3.05, 3.63) is 75.6 Å². The minimum absolute atomic E-state index is 0.0220. The second kappa shape index (κ2) is 20.9. The Hall–Kier alpha value is -4.58. The molecule has 0 radical (unpaired) electrons. The molecule has 4 amide bonds. The van der Waals surface area contributed by atoms with Gasteiger partial charge in [-0.05, 0) is 49.8 Å². The first-order chi connectivity index (χ1) is 26.2. The van der Waals surface area contributed by atoms with Crippen molar-refractivity contribution in [3.8, 4) is 5.75 Å². The van der Waals surface area contributed by atoms with Crippen LogP contribution in [0.3, 0.4) is 0 Å². The van der Waals surface area contributed by atoms with Crippen molar-refractivity contribution >= 4 is 46.6 Å². The predicted octanol–water partition coefficient (Wildman–Crippen LogP) is 2.37. The lowest BCUT2D eigenvalue weighted by Crippen LogP contribution is -2.57. The third-order valence-electron chi connectivity index (χ3n) is 8.67. The number of hydrogen-bond donors (Lipinski definition) is 5. The SMILES string of the molecule is Cc1cc(=O)oc2c(F)c(OSC[C@H](CC(C)O)NC(=O)[C@H](Cc3ccccc3)NC(=O)[C@H](CC(C)C)NC(=O)CNC(=O)CN3CCOCC3)c(F)cc12. The largest absolute Gasteiger partial charge is 0.419 e. The molecule has 300 valence electrons. The summed E-state index contributed by atoms with van der Waals surface area (Å²) in [5.41, 5.74) is -0.228. The summed E-state index contributed by atoms with van der Waals surface area (Å²) in [6.45, 7) is 8.78. The molecule has 4 rings (SSSR count). The van der Waals surface area contributed by atoms with E-state index in [1.165, 1.54) is 13.8 Å². The molecule has 0 aliphatic carbocycles. The third kappa shape index (κ3) is 13.6. The summed E-state index contributed by atoms with van der Waals surface area (Å²) in [6.07, 6.45) is -0.572.